The first-order valence-electron chi connectivity index (χ1n) is 19.4. The molecule has 304 valence electrons. The van der Waals surface area contributed by atoms with E-state index in [1.807, 2.05) is 36.5 Å². The van der Waals surface area contributed by atoms with Crippen molar-refractivity contribution < 1.29 is 52.6 Å². The number of ether oxygens (including phenoxy) is 2. The monoisotopic (exact) mass is 769 g/mol. The van der Waals surface area contributed by atoms with Crippen molar-refractivity contribution in [1.82, 2.24) is 0 Å². The third kappa shape index (κ3) is 34.6. The molecule has 0 aliphatic heterocycles. The Balaban J connectivity index is 4.63. The van der Waals surface area contributed by atoms with Gasteiger partial charge < -0.3 is 30.3 Å². The lowest BCUT2D eigenvalue weighted by molar-refractivity contribution is -0.161. The van der Waals surface area contributed by atoms with Crippen LogP contribution in [0.15, 0.2) is 60.8 Å². The first-order valence-corrected chi connectivity index (χ1v) is 20.9. The van der Waals surface area contributed by atoms with Crippen LogP contribution >= 0.6 is 7.82 Å². The molecule has 0 radical (unpaired) electrons. The Hall–Kier alpha value is -2.86. The van der Waals surface area contributed by atoms with Gasteiger partial charge in [-0.15, -0.1) is 0 Å². The van der Waals surface area contributed by atoms with E-state index in [1.54, 1.807) is 6.08 Å². The van der Waals surface area contributed by atoms with E-state index in [0.717, 1.165) is 44.9 Å². The topological polar surface area (TPSA) is 192 Å². The average molecular weight is 770 g/mol. The number of carbonyl (C=O) groups is 3. The molecule has 0 spiro atoms. The summed E-state index contributed by atoms with van der Waals surface area (Å²) in [6.07, 6.45) is 34.7. The maximum Gasteiger partial charge on any atom is 0.472 e. The molecule has 0 aliphatic carbocycles. The second-order valence-electron chi connectivity index (χ2n) is 12.9. The molecule has 0 aliphatic rings. The van der Waals surface area contributed by atoms with Crippen molar-refractivity contribution in [3.63, 3.8) is 0 Å². The number of aliphatic hydroxyl groups is 1. The van der Waals surface area contributed by atoms with Crippen molar-refractivity contribution in [3.8, 4) is 0 Å². The smallest absolute Gasteiger partial charge is 0.472 e. The van der Waals surface area contributed by atoms with Crippen LogP contribution in [0.3, 0.4) is 0 Å². The summed E-state index contributed by atoms with van der Waals surface area (Å²) in [6, 6.07) is -1.54. The molecule has 0 aromatic rings. The first-order chi connectivity index (χ1) is 25.5. The van der Waals surface area contributed by atoms with Gasteiger partial charge in [-0.1, -0.05) is 120 Å². The standard InChI is InChI=1S/C40H68NO11P/c1-3-5-7-9-11-12-13-14-18-22-26-30-38(43)49-32-36(33-50-53(47,48)51-34-37(41)40(45)46)52-39(44)31-27-23-19-16-15-17-21-25-29-35(42)28-24-20-10-8-6-4-2/h9,11,16-17,19-21,24-25,29,35-37,42H,3-8,10,12-15,18,22-23,26-28,30-34,41H2,1-2H3,(H,45,46)(H,47,48)/b11-9-,19-16-,21-17-,24-20-,29-25+/t35-,36+,37-/m0/s1. The normalized spacial score (nSPS) is 15.1. The number of esters is 2. The van der Waals surface area contributed by atoms with E-state index in [4.69, 9.17) is 24.8 Å². The highest BCUT2D eigenvalue weighted by Crippen LogP contribution is 2.43. The molecule has 12 nitrogen and oxygen atoms in total. The number of rotatable bonds is 35. The molecule has 0 aromatic carbocycles. The number of carboxylic acids is 1. The molecule has 4 atom stereocenters. The van der Waals surface area contributed by atoms with Gasteiger partial charge in [-0.25, -0.2) is 4.57 Å². The Bertz CT molecular complexity index is 1150. The van der Waals surface area contributed by atoms with Gasteiger partial charge in [0.1, 0.15) is 12.6 Å². The SMILES string of the molecule is CCCC/C=C\CCCCCCCC(=O)OC[C@H](COP(=O)(O)OC[C@H](N)C(=O)O)OC(=O)CCC/C=C\C/C=C\C=C\[C@@H](O)C/C=C\CCCCC. The van der Waals surface area contributed by atoms with Crippen LogP contribution in [-0.2, 0) is 37.5 Å². The largest absolute Gasteiger partial charge is 0.480 e. The fourth-order valence-electron chi connectivity index (χ4n) is 4.65. The molecule has 0 rings (SSSR count). The Labute approximate surface area is 318 Å². The fourth-order valence-corrected chi connectivity index (χ4v) is 5.43. The van der Waals surface area contributed by atoms with Crippen molar-refractivity contribution in [2.24, 2.45) is 5.73 Å². The fraction of sp³-hybridized carbons (Fsp3) is 0.675. The van der Waals surface area contributed by atoms with E-state index in [1.165, 1.54) is 32.1 Å². The highest BCUT2D eigenvalue weighted by Gasteiger charge is 2.28. The van der Waals surface area contributed by atoms with Crippen LogP contribution in [0.4, 0.5) is 0 Å². The van der Waals surface area contributed by atoms with Gasteiger partial charge in [0.2, 0.25) is 0 Å². The number of hydrogen-bond donors (Lipinski definition) is 4. The van der Waals surface area contributed by atoms with Gasteiger partial charge in [0, 0.05) is 12.8 Å². The molecule has 0 bridgehead atoms. The molecule has 53 heavy (non-hydrogen) atoms. The second kappa shape index (κ2) is 34.9. The molecule has 0 heterocycles. The number of phosphoric acid groups is 1. The number of nitrogens with two attached hydrogens (primary N) is 1. The highest BCUT2D eigenvalue weighted by atomic mass is 31.2. The summed E-state index contributed by atoms with van der Waals surface area (Å²) >= 11 is 0. The van der Waals surface area contributed by atoms with Crippen molar-refractivity contribution in [1.29, 1.82) is 0 Å². The van der Waals surface area contributed by atoms with Gasteiger partial charge >= 0.3 is 25.7 Å². The van der Waals surface area contributed by atoms with Gasteiger partial charge in [-0.3, -0.25) is 23.4 Å². The number of carboxylic acid groups (broad SMARTS) is 1. The Kier molecular flexibility index (Phi) is 33.0. The Morgan fingerprint density at radius 2 is 1.26 bits per heavy atom. The summed E-state index contributed by atoms with van der Waals surface area (Å²) in [4.78, 5) is 45.7. The first kappa shape index (κ1) is 50.1. The molecular formula is C40H68NO11P. The zero-order valence-corrected chi connectivity index (χ0v) is 33.1. The predicted molar refractivity (Wildman–Crippen MR) is 209 cm³/mol. The Morgan fingerprint density at radius 1 is 0.679 bits per heavy atom. The van der Waals surface area contributed by atoms with Crippen LogP contribution in [0.2, 0.25) is 0 Å². The number of phosphoric ester groups is 1. The molecule has 0 amide bonds. The number of unbranched alkanes of at least 4 members (excludes halogenated alkanes) is 11. The molecule has 0 fully saturated rings. The molecule has 0 aromatic heterocycles. The van der Waals surface area contributed by atoms with E-state index in [2.05, 4.69) is 36.6 Å². The van der Waals surface area contributed by atoms with Crippen LogP contribution in [0.25, 0.3) is 0 Å². The lowest BCUT2D eigenvalue weighted by Gasteiger charge is -2.20. The minimum absolute atomic E-state index is 0.0492. The van der Waals surface area contributed by atoms with Crippen LogP contribution in [0.5, 0.6) is 0 Å². The number of allylic oxidation sites excluding steroid dienone is 8. The lowest BCUT2D eigenvalue weighted by Crippen LogP contribution is -2.34. The van der Waals surface area contributed by atoms with E-state index in [-0.39, 0.29) is 12.8 Å². The second-order valence-corrected chi connectivity index (χ2v) is 14.4. The summed E-state index contributed by atoms with van der Waals surface area (Å²) in [7, 11) is -4.74. The maximum atomic E-state index is 12.5. The van der Waals surface area contributed by atoms with Crippen molar-refractivity contribution in [3.05, 3.63) is 60.8 Å². The van der Waals surface area contributed by atoms with Gasteiger partial charge in [-0.05, 0) is 64.2 Å². The maximum absolute atomic E-state index is 12.5. The summed E-state index contributed by atoms with van der Waals surface area (Å²) in [6.45, 7) is 2.55. The lowest BCUT2D eigenvalue weighted by atomic mass is 10.1. The average Bonchev–Trinajstić information content (AvgIpc) is 3.12. The number of aliphatic carboxylic acids is 1. The summed E-state index contributed by atoms with van der Waals surface area (Å²) in [5.74, 6) is -2.52. The van der Waals surface area contributed by atoms with E-state index >= 15 is 0 Å². The molecule has 1 unspecified atom stereocenters. The summed E-state index contributed by atoms with van der Waals surface area (Å²) < 4.78 is 32.4. The molecule has 5 N–H and O–H groups in total. The van der Waals surface area contributed by atoms with Crippen LogP contribution in [0, 0.1) is 0 Å². The van der Waals surface area contributed by atoms with Crippen molar-refractivity contribution in [2.75, 3.05) is 19.8 Å². The molecule has 0 saturated heterocycles. The van der Waals surface area contributed by atoms with E-state index in [9.17, 15) is 28.9 Å². The molecule has 13 heteroatoms. The van der Waals surface area contributed by atoms with Crippen LogP contribution < -0.4 is 5.73 Å². The zero-order chi connectivity index (χ0) is 39.4. The summed E-state index contributed by atoms with van der Waals surface area (Å²) in [5.41, 5.74) is 5.31. The molecular weight excluding hydrogens is 701 g/mol. The van der Waals surface area contributed by atoms with Crippen LogP contribution in [-0.4, -0.2) is 71.1 Å². The minimum atomic E-state index is -4.74. The third-order valence-electron chi connectivity index (χ3n) is 7.82. The van der Waals surface area contributed by atoms with Gasteiger partial charge in [0.05, 0.1) is 19.3 Å². The number of aliphatic hydroxyl groups excluding tert-OH is 1. The van der Waals surface area contributed by atoms with Crippen molar-refractivity contribution >= 4 is 25.7 Å². The minimum Gasteiger partial charge on any atom is -0.480 e. The zero-order valence-electron chi connectivity index (χ0n) is 32.2. The van der Waals surface area contributed by atoms with Crippen molar-refractivity contribution in [2.45, 2.75) is 154 Å². The highest BCUT2D eigenvalue weighted by molar-refractivity contribution is 7.47. The molecule has 0 saturated carbocycles. The quantitative estimate of drug-likeness (QED) is 0.0158. The van der Waals surface area contributed by atoms with E-state index in [0.29, 0.717) is 32.1 Å². The van der Waals surface area contributed by atoms with Gasteiger partial charge in [0.25, 0.3) is 0 Å². The van der Waals surface area contributed by atoms with Gasteiger partial charge in [0.15, 0.2) is 6.10 Å². The Morgan fingerprint density at radius 3 is 1.98 bits per heavy atom. The van der Waals surface area contributed by atoms with Crippen LogP contribution in [0.1, 0.15) is 136 Å². The van der Waals surface area contributed by atoms with Gasteiger partial charge in [-0.2, -0.15) is 0 Å². The number of carbonyl (C=O) groups excluding carboxylic acids is 2. The predicted octanol–water partition coefficient (Wildman–Crippen LogP) is 8.58. The number of hydrogen-bond acceptors (Lipinski definition) is 10. The summed E-state index contributed by atoms with van der Waals surface area (Å²) in [5, 5.41) is 18.9. The third-order valence-corrected chi connectivity index (χ3v) is 8.77. The van der Waals surface area contributed by atoms with E-state index < -0.39 is 63.8 Å².